The first kappa shape index (κ1) is 18.0. The van der Waals surface area contributed by atoms with E-state index in [-0.39, 0.29) is 11.3 Å². The molecule has 1 amide bonds. The van der Waals surface area contributed by atoms with Gasteiger partial charge in [-0.2, -0.15) is 0 Å². The third-order valence-electron chi connectivity index (χ3n) is 5.03. The first-order chi connectivity index (χ1) is 10.8. The Kier molecular flexibility index (Phi) is 5.84. The lowest BCUT2D eigenvalue weighted by atomic mass is 9.72. The smallest absolute Gasteiger partial charge is 0.246 e. The summed E-state index contributed by atoms with van der Waals surface area (Å²) in [6, 6.07) is 0. The van der Waals surface area contributed by atoms with Gasteiger partial charge in [0.2, 0.25) is 5.91 Å². The molecule has 1 fully saturated rings. The number of carbonyl (C=O) groups excluding carboxylic acids is 1. The molecule has 23 heavy (non-hydrogen) atoms. The van der Waals surface area contributed by atoms with Gasteiger partial charge in [0, 0.05) is 39.3 Å². The van der Waals surface area contributed by atoms with Crippen molar-refractivity contribution in [3.05, 3.63) is 23.3 Å². The molecule has 0 atom stereocenters. The van der Waals surface area contributed by atoms with Crippen LogP contribution in [0.2, 0.25) is 0 Å². The Hall–Kier alpha value is -1.36. The van der Waals surface area contributed by atoms with Crippen molar-refractivity contribution >= 4 is 23.2 Å². The Labute approximate surface area is 145 Å². The minimum atomic E-state index is 0.113. The van der Waals surface area contributed by atoms with Crippen LogP contribution in [0.1, 0.15) is 40.0 Å². The molecule has 1 aliphatic carbocycles. The molecule has 4 nitrogen and oxygen atoms in total. The standard InChI is InChI=1S/C18H29N3OS/c1-14-6-5-9-18(2,3)15(14)7-8-16(22)20-10-12-21(13-11-20)17(23)19-4/h7-8H,5-6,9-13H2,1-4H3,(H,19,23). The molecule has 1 aliphatic heterocycles. The second-order valence-corrected chi connectivity index (χ2v) is 7.52. The molecule has 0 aromatic rings. The fraction of sp³-hybridized carbons (Fsp3) is 0.667. The molecule has 0 spiro atoms. The average molecular weight is 336 g/mol. The van der Waals surface area contributed by atoms with Crippen LogP contribution in [0, 0.1) is 5.41 Å². The van der Waals surface area contributed by atoms with Crippen LogP contribution in [0.3, 0.4) is 0 Å². The van der Waals surface area contributed by atoms with E-state index < -0.39 is 0 Å². The summed E-state index contributed by atoms with van der Waals surface area (Å²) in [5.41, 5.74) is 2.94. The molecule has 0 unspecified atom stereocenters. The van der Waals surface area contributed by atoms with Gasteiger partial charge in [0.15, 0.2) is 5.11 Å². The highest BCUT2D eigenvalue weighted by atomic mass is 32.1. The molecule has 0 aromatic carbocycles. The van der Waals surface area contributed by atoms with Crippen molar-refractivity contribution in [1.82, 2.24) is 15.1 Å². The van der Waals surface area contributed by atoms with E-state index in [4.69, 9.17) is 12.2 Å². The number of rotatable bonds is 2. The van der Waals surface area contributed by atoms with E-state index >= 15 is 0 Å². The van der Waals surface area contributed by atoms with E-state index in [1.54, 1.807) is 6.08 Å². The zero-order valence-corrected chi connectivity index (χ0v) is 15.6. The quantitative estimate of drug-likeness (QED) is 0.622. The number of nitrogens with one attached hydrogen (secondary N) is 1. The van der Waals surface area contributed by atoms with E-state index in [9.17, 15) is 4.79 Å². The molecule has 1 N–H and O–H groups in total. The summed E-state index contributed by atoms with van der Waals surface area (Å²) in [5, 5.41) is 3.76. The number of thiocarbonyl (C=S) groups is 1. The van der Waals surface area contributed by atoms with Gasteiger partial charge in [0.05, 0.1) is 0 Å². The third-order valence-corrected chi connectivity index (χ3v) is 5.49. The third kappa shape index (κ3) is 4.34. The highest BCUT2D eigenvalue weighted by Crippen LogP contribution is 2.40. The van der Waals surface area contributed by atoms with Gasteiger partial charge in [-0.05, 0) is 49.4 Å². The van der Waals surface area contributed by atoms with Crippen LogP contribution in [0.5, 0.6) is 0 Å². The Morgan fingerprint density at radius 3 is 2.39 bits per heavy atom. The van der Waals surface area contributed by atoms with Gasteiger partial charge in [-0.3, -0.25) is 4.79 Å². The monoisotopic (exact) mass is 335 g/mol. The maximum absolute atomic E-state index is 12.5. The number of piperazine rings is 1. The van der Waals surface area contributed by atoms with Crippen molar-refractivity contribution in [2.24, 2.45) is 5.41 Å². The molecule has 1 saturated heterocycles. The Morgan fingerprint density at radius 2 is 1.83 bits per heavy atom. The molecule has 128 valence electrons. The molecular weight excluding hydrogens is 306 g/mol. The summed E-state index contributed by atoms with van der Waals surface area (Å²) in [6.45, 7) is 9.80. The van der Waals surface area contributed by atoms with Crippen molar-refractivity contribution in [1.29, 1.82) is 0 Å². The SMILES string of the molecule is CNC(=S)N1CCN(C(=O)C=CC2=C(C)CCCC2(C)C)CC1. The van der Waals surface area contributed by atoms with Crippen LogP contribution in [0.15, 0.2) is 23.3 Å². The average Bonchev–Trinajstić information content (AvgIpc) is 2.53. The van der Waals surface area contributed by atoms with Gasteiger partial charge in [-0.25, -0.2) is 0 Å². The predicted octanol–water partition coefficient (Wildman–Crippen LogP) is 2.72. The number of hydrogen-bond acceptors (Lipinski definition) is 2. The molecule has 2 rings (SSSR count). The number of nitrogens with zero attached hydrogens (tertiary/aromatic N) is 2. The lowest BCUT2D eigenvalue weighted by Gasteiger charge is -2.35. The normalized spacial score (nSPS) is 21.7. The first-order valence-electron chi connectivity index (χ1n) is 8.49. The zero-order chi connectivity index (χ0) is 17.0. The maximum atomic E-state index is 12.5. The van der Waals surface area contributed by atoms with Crippen LogP contribution in [-0.2, 0) is 4.79 Å². The van der Waals surface area contributed by atoms with Gasteiger partial charge in [0.25, 0.3) is 0 Å². The summed E-state index contributed by atoms with van der Waals surface area (Å²) < 4.78 is 0. The second kappa shape index (κ2) is 7.47. The first-order valence-corrected chi connectivity index (χ1v) is 8.90. The minimum Gasteiger partial charge on any atom is -0.366 e. The van der Waals surface area contributed by atoms with E-state index in [2.05, 4.69) is 37.1 Å². The van der Waals surface area contributed by atoms with Crippen LogP contribution < -0.4 is 5.32 Å². The molecular formula is C18H29N3OS. The highest BCUT2D eigenvalue weighted by molar-refractivity contribution is 7.80. The highest BCUT2D eigenvalue weighted by Gasteiger charge is 2.27. The molecule has 0 aromatic heterocycles. The maximum Gasteiger partial charge on any atom is 0.246 e. The van der Waals surface area contributed by atoms with Gasteiger partial charge < -0.3 is 15.1 Å². The molecule has 0 saturated carbocycles. The van der Waals surface area contributed by atoms with Crippen LogP contribution in [-0.4, -0.2) is 54.0 Å². The van der Waals surface area contributed by atoms with E-state index in [1.165, 1.54) is 24.0 Å². The number of hydrogen-bond donors (Lipinski definition) is 1. The molecule has 0 radical (unpaired) electrons. The van der Waals surface area contributed by atoms with Crippen molar-refractivity contribution in [3.63, 3.8) is 0 Å². The predicted molar refractivity (Wildman–Crippen MR) is 99.3 cm³/mol. The van der Waals surface area contributed by atoms with Crippen LogP contribution >= 0.6 is 12.2 Å². The van der Waals surface area contributed by atoms with Gasteiger partial charge in [0.1, 0.15) is 0 Å². The van der Waals surface area contributed by atoms with Crippen LogP contribution in [0.4, 0.5) is 0 Å². The molecule has 1 heterocycles. The van der Waals surface area contributed by atoms with Crippen molar-refractivity contribution in [2.75, 3.05) is 33.2 Å². The van der Waals surface area contributed by atoms with Gasteiger partial charge in [-0.15, -0.1) is 0 Å². The fourth-order valence-corrected chi connectivity index (χ4v) is 3.74. The van der Waals surface area contributed by atoms with Crippen molar-refractivity contribution < 1.29 is 4.79 Å². The molecule has 2 aliphatic rings. The molecule has 0 bridgehead atoms. The van der Waals surface area contributed by atoms with E-state index in [1.807, 2.05) is 11.9 Å². The minimum absolute atomic E-state index is 0.113. The summed E-state index contributed by atoms with van der Waals surface area (Å²) >= 11 is 5.25. The molecule has 5 heteroatoms. The fourth-order valence-electron chi connectivity index (χ4n) is 3.56. The summed E-state index contributed by atoms with van der Waals surface area (Å²) in [6.07, 6.45) is 7.41. The van der Waals surface area contributed by atoms with E-state index in [0.717, 1.165) is 37.7 Å². The Bertz CT molecular complexity index is 528. The van der Waals surface area contributed by atoms with Crippen molar-refractivity contribution in [3.8, 4) is 0 Å². The Morgan fingerprint density at radius 1 is 1.22 bits per heavy atom. The summed E-state index contributed by atoms with van der Waals surface area (Å²) in [7, 11) is 1.84. The summed E-state index contributed by atoms with van der Waals surface area (Å²) in [4.78, 5) is 16.5. The van der Waals surface area contributed by atoms with Gasteiger partial charge in [-0.1, -0.05) is 25.5 Å². The number of allylic oxidation sites excluding steroid dienone is 3. The van der Waals surface area contributed by atoms with Gasteiger partial charge >= 0.3 is 0 Å². The lowest BCUT2D eigenvalue weighted by Crippen LogP contribution is -2.52. The summed E-state index contributed by atoms with van der Waals surface area (Å²) in [5.74, 6) is 0.113. The zero-order valence-electron chi connectivity index (χ0n) is 14.8. The van der Waals surface area contributed by atoms with E-state index in [0.29, 0.717) is 0 Å². The second-order valence-electron chi connectivity index (χ2n) is 7.13. The number of amides is 1. The van der Waals surface area contributed by atoms with Crippen LogP contribution in [0.25, 0.3) is 0 Å². The topological polar surface area (TPSA) is 35.6 Å². The van der Waals surface area contributed by atoms with Crippen molar-refractivity contribution in [2.45, 2.75) is 40.0 Å². The number of carbonyl (C=O) groups is 1. The largest absolute Gasteiger partial charge is 0.366 e. The Balaban J connectivity index is 1.96. The lowest BCUT2D eigenvalue weighted by molar-refractivity contribution is -0.127.